The summed E-state index contributed by atoms with van der Waals surface area (Å²) in [6.45, 7) is 2.11. The highest BCUT2D eigenvalue weighted by molar-refractivity contribution is 7.22. The van der Waals surface area contributed by atoms with E-state index in [2.05, 4.69) is 25.1 Å². The maximum atomic E-state index is 9.92. The highest BCUT2D eigenvalue weighted by atomic mass is 32.1. The first-order valence-electron chi connectivity index (χ1n) is 5.54. The van der Waals surface area contributed by atoms with Gasteiger partial charge in [-0.2, -0.15) is 0 Å². The second kappa shape index (κ2) is 3.90. The maximum absolute atomic E-state index is 9.92. The first-order valence-corrected chi connectivity index (χ1v) is 6.35. The molecule has 1 nitrogen and oxygen atoms in total. The molecule has 0 aliphatic rings. The molecule has 17 heavy (non-hydrogen) atoms. The standard InChI is InChI=1S/C15H12OS/c1-10-11-6-3-5-9-14(11)17-15(10)12-7-2-4-8-13(12)16/h2-9,16H,1H3. The monoisotopic (exact) mass is 240 g/mol. The van der Waals surface area contributed by atoms with E-state index in [9.17, 15) is 5.11 Å². The Labute approximate surface area is 104 Å². The van der Waals surface area contributed by atoms with Crippen molar-refractivity contribution < 1.29 is 5.11 Å². The number of para-hydroxylation sites is 1. The van der Waals surface area contributed by atoms with Crippen molar-refractivity contribution in [1.82, 2.24) is 0 Å². The molecule has 0 bridgehead atoms. The van der Waals surface area contributed by atoms with Gasteiger partial charge in [0.05, 0.1) is 0 Å². The fourth-order valence-corrected chi connectivity index (χ4v) is 3.34. The molecule has 0 saturated carbocycles. The Morgan fingerprint density at radius 3 is 2.41 bits per heavy atom. The molecule has 0 radical (unpaired) electrons. The third kappa shape index (κ3) is 1.61. The molecule has 0 amide bonds. The minimum atomic E-state index is 0.349. The van der Waals surface area contributed by atoms with Gasteiger partial charge >= 0.3 is 0 Å². The number of aromatic hydroxyl groups is 1. The van der Waals surface area contributed by atoms with Gasteiger partial charge in [-0.25, -0.2) is 0 Å². The van der Waals surface area contributed by atoms with Gasteiger partial charge in [0.15, 0.2) is 0 Å². The van der Waals surface area contributed by atoms with Crippen LogP contribution in [-0.4, -0.2) is 5.11 Å². The molecular formula is C15H12OS. The van der Waals surface area contributed by atoms with Crippen molar-refractivity contribution in [3.8, 4) is 16.2 Å². The van der Waals surface area contributed by atoms with Crippen LogP contribution in [0.2, 0.25) is 0 Å². The lowest BCUT2D eigenvalue weighted by atomic mass is 10.1. The first-order chi connectivity index (χ1) is 8.27. The number of fused-ring (bicyclic) bond motifs is 1. The average molecular weight is 240 g/mol. The van der Waals surface area contributed by atoms with Crippen LogP contribution < -0.4 is 0 Å². The van der Waals surface area contributed by atoms with Gasteiger partial charge in [0, 0.05) is 15.1 Å². The molecule has 1 N–H and O–H groups in total. The van der Waals surface area contributed by atoms with E-state index < -0.39 is 0 Å². The lowest BCUT2D eigenvalue weighted by molar-refractivity contribution is 0.477. The van der Waals surface area contributed by atoms with Crippen LogP contribution in [0.4, 0.5) is 0 Å². The Kier molecular flexibility index (Phi) is 2.37. The molecule has 1 heterocycles. The van der Waals surface area contributed by atoms with Crippen molar-refractivity contribution in [3.05, 3.63) is 54.1 Å². The number of phenols is 1. The van der Waals surface area contributed by atoms with Crippen molar-refractivity contribution >= 4 is 21.4 Å². The predicted octanol–water partition coefficient (Wildman–Crippen LogP) is 4.58. The van der Waals surface area contributed by atoms with Gasteiger partial charge in [-0.15, -0.1) is 11.3 Å². The van der Waals surface area contributed by atoms with Crippen molar-refractivity contribution in [1.29, 1.82) is 0 Å². The van der Waals surface area contributed by atoms with Crippen LogP contribution in [-0.2, 0) is 0 Å². The number of aryl methyl sites for hydroxylation is 1. The summed E-state index contributed by atoms with van der Waals surface area (Å²) in [5, 5.41) is 11.2. The van der Waals surface area contributed by atoms with Crippen molar-refractivity contribution in [2.45, 2.75) is 6.92 Å². The van der Waals surface area contributed by atoms with Gasteiger partial charge in [-0.3, -0.25) is 0 Å². The molecule has 2 heteroatoms. The highest BCUT2D eigenvalue weighted by Crippen LogP contribution is 2.41. The first kappa shape index (κ1) is 10.4. The Morgan fingerprint density at radius 1 is 0.941 bits per heavy atom. The molecule has 2 aromatic carbocycles. The maximum Gasteiger partial charge on any atom is 0.124 e. The summed E-state index contributed by atoms with van der Waals surface area (Å²) in [4.78, 5) is 1.16. The molecule has 3 rings (SSSR count). The third-order valence-corrected chi connectivity index (χ3v) is 4.30. The van der Waals surface area contributed by atoms with E-state index in [1.807, 2.05) is 24.3 Å². The summed E-state index contributed by atoms with van der Waals surface area (Å²) in [6.07, 6.45) is 0. The largest absolute Gasteiger partial charge is 0.507 e. The van der Waals surface area contributed by atoms with Gasteiger partial charge < -0.3 is 5.11 Å². The van der Waals surface area contributed by atoms with E-state index >= 15 is 0 Å². The molecule has 3 aromatic rings. The molecule has 0 aliphatic carbocycles. The number of hydrogen-bond acceptors (Lipinski definition) is 2. The molecule has 84 valence electrons. The lowest BCUT2D eigenvalue weighted by Crippen LogP contribution is -1.77. The van der Waals surface area contributed by atoms with Gasteiger partial charge in [-0.1, -0.05) is 30.3 Å². The summed E-state index contributed by atoms with van der Waals surface area (Å²) in [7, 11) is 0. The SMILES string of the molecule is Cc1c(-c2ccccc2O)sc2ccccc12. The molecular weight excluding hydrogens is 228 g/mol. The van der Waals surface area contributed by atoms with Crippen molar-refractivity contribution in [2.75, 3.05) is 0 Å². The summed E-state index contributed by atoms with van der Waals surface area (Å²) in [6, 6.07) is 15.9. The van der Waals surface area contributed by atoms with Crippen LogP contribution in [0, 0.1) is 6.92 Å². The quantitative estimate of drug-likeness (QED) is 0.660. The fourth-order valence-electron chi connectivity index (χ4n) is 2.10. The van der Waals surface area contributed by atoms with E-state index in [1.165, 1.54) is 15.6 Å². The van der Waals surface area contributed by atoms with Crippen molar-refractivity contribution in [3.63, 3.8) is 0 Å². The molecule has 0 fully saturated rings. The number of hydrogen-bond donors (Lipinski definition) is 1. The van der Waals surface area contributed by atoms with Crippen molar-refractivity contribution in [2.24, 2.45) is 0 Å². The Balaban J connectivity index is 2.32. The van der Waals surface area contributed by atoms with E-state index in [4.69, 9.17) is 0 Å². The number of phenolic OH excluding ortho intramolecular Hbond substituents is 1. The Hall–Kier alpha value is -1.80. The second-order valence-electron chi connectivity index (χ2n) is 4.07. The van der Waals surface area contributed by atoms with Crippen LogP contribution in [0.1, 0.15) is 5.56 Å². The van der Waals surface area contributed by atoms with Crippen LogP contribution >= 0.6 is 11.3 Å². The van der Waals surface area contributed by atoms with E-state index in [0.29, 0.717) is 5.75 Å². The van der Waals surface area contributed by atoms with Crippen LogP contribution in [0.5, 0.6) is 5.75 Å². The second-order valence-corrected chi connectivity index (χ2v) is 5.12. The number of rotatable bonds is 1. The Bertz CT molecular complexity index is 682. The minimum Gasteiger partial charge on any atom is -0.507 e. The smallest absolute Gasteiger partial charge is 0.124 e. The zero-order chi connectivity index (χ0) is 11.8. The topological polar surface area (TPSA) is 20.2 Å². The zero-order valence-electron chi connectivity index (χ0n) is 9.47. The van der Waals surface area contributed by atoms with Gasteiger partial charge in [0.1, 0.15) is 5.75 Å². The number of thiophene rings is 1. The molecule has 0 aliphatic heterocycles. The van der Waals surface area contributed by atoms with E-state index in [1.54, 1.807) is 17.4 Å². The fraction of sp³-hybridized carbons (Fsp3) is 0.0667. The highest BCUT2D eigenvalue weighted by Gasteiger charge is 2.12. The summed E-state index contributed by atoms with van der Waals surface area (Å²) < 4.78 is 1.27. The van der Waals surface area contributed by atoms with Gasteiger partial charge in [0.25, 0.3) is 0 Å². The third-order valence-electron chi connectivity index (χ3n) is 2.99. The van der Waals surface area contributed by atoms with E-state index in [-0.39, 0.29) is 0 Å². The molecule has 0 saturated heterocycles. The van der Waals surface area contributed by atoms with Gasteiger partial charge in [-0.05, 0) is 36.1 Å². The molecule has 0 spiro atoms. The molecule has 0 unspecified atom stereocenters. The number of benzene rings is 2. The van der Waals surface area contributed by atoms with Crippen LogP contribution in [0.3, 0.4) is 0 Å². The zero-order valence-corrected chi connectivity index (χ0v) is 10.3. The van der Waals surface area contributed by atoms with Crippen LogP contribution in [0.15, 0.2) is 48.5 Å². The van der Waals surface area contributed by atoms with Gasteiger partial charge in [0.2, 0.25) is 0 Å². The summed E-state index contributed by atoms with van der Waals surface area (Å²) >= 11 is 1.73. The van der Waals surface area contributed by atoms with Crippen LogP contribution in [0.25, 0.3) is 20.5 Å². The Morgan fingerprint density at radius 2 is 1.65 bits per heavy atom. The molecule has 1 aromatic heterocycles. The normalized spacial score (nSPS) is 10.9. The molecule has 0 atom stereocenters. The minimum absolute atomic E-state index is 0.349. The lowest BCUT2D eigenvalue weighted by Gasteiger charge is -2.02. The average Bonchev–Trinajstić information content (AvgIpc) is 2.68. The summed E-state index contributed by atoms with van der Waals surface area (Å²) in [5.41, 5.74) is 2.17. The summed E-state index contributed by atoms with van der Waals surface area (Å²) in [5.74, 6) is 0.349. The predicted molar refractivity (Wildman–Crippen MR) is 73.7 cm³/mol. The van der Waals surface area contributed by atoms with E-state index in [0.717, 1.165) is 10.4 Å².